The van der Waals surface area contributed by atoms with Gasteiger partial charge in [-0.15, -0.1) is 0 Å². The van der Waals surface area contributed by atoms with Crippen LogP contribution in [0.4, 0.5) is 0 Å². The Kier molecular flexibility index (Phi) is 5.26. The zero-order valence-corrected chi connectivity index (χ0v) is 14.4. The highest BCUT2D eigenvalue weighted by Crippen LogP contribution is 2.33. The zero-order valence-electron chi connectivity index (χ0n) is 14.4. The van der Waals surface area contributed by atoms with E-state index in [1.165, 1.54) is 0 Å². The summed E-state index contributed by atoms with van der Waals surface area (Å²) in [6.07, 6.45) is 2.09. The van der Waals surface area contributed by atoms with Crippen LogP contribution in [0.5, 0.6) is 11.5 Å². The quantitative estimate of drug-likeness (QED) is 0.848. The summed E-state index contributed by atoms with van der Waals surface area (Å²) in [5, 5.41) is 10.1. The first-order valence-electron chi connectivity index (χ1n) is 8.53. The van der Waals surface area contributed by atoms with E-state index in [-0.39, 0.29) is 12.0 Å². The second-order valence-electron chi connectivity index (χ2n) is 6.60. The Morgan fingerprint density at radius 3 is 2.21 bits per heavy atom. The van der Waals surface area contributed by atoms with Crippen LogP contribution < -0.4 is 9.47 Å². The molecule has 1 aliphatic heterocycles. The number of hydrogen-bond donors (Lipinski definition) is 1. The smallest absolute Gasteiger partial charge is 0.254 e. The lowest BCUT2D eigenvalue weighted by Crippen LogP contribution is -2.50. The molecule has 0 radical (unpaired) electrons. The standard InChI is InChI=1S/C18H26N2O4/c1-23-15-9-14(10-16(11-15)24-2)18(22)20-7-5-19(6-8-20)12-17(21)13-3-4-13/h9-11,13,17,21H,3-8,12H2,1-2H3/t17-/m1/s1. The molecule has 1 aromatic rings. The number of ether oxygens (including phenoxy) is 2. The minimum atomic E-state index is -0.213. The van der Waals surface area contributed by atoms with Crippen LogP contribution in [0.25, 0.3) is 0 Å². The minimum absolute atomic E-state index is 0.00501. The largest absolute Gasteiger partial charge is 0.497 e. The summed E-state index contributed by atoms with van der Waals surface area (Å²) in [6, 6.07) is 5.25. The molecule has 6 nitrogen and oxygen atoms in total. The fraction of sp³-hybridized carbons (Fsp3) is 0.611. The van der Waals surface area contributed by atoms with Crippen LogP contribution in [-0.4, -0.2) is 73.9 Å². The fourth-order valence-corrected chi connectivity index (χ4v) is 3.14. The molecule has 1 heterocycles. The van der Waals surface area contributed by atoms with Crippen molar-refractivity contribution < 1.29 is 19.4 Å². The summed E-state index contributed by atoms with van der Waals surface area (Å²) < 4.78 is 10.5. The zero-order chi connectivity index (χ0) is 17.1. The number of aliphatic hydroxyl groups is 1. The molecule has 2 aliphatic rings. The van der Waals surface area contributed by atoms with E-state index < -0.39 is 0 Å². The number of carbonyl (C=O) groups is 1. The monoisotopic (exact) mass is 334 g/mol. The van der Waals surface area contributed by atoms with Crippen molar-refractivity contribution in [3.05, 3.63) is 23.8 Å². The van der Waals surface area contributed by atoms with E-state index in [2.05, 4.69) is 4.90 Å². The average Bonchev–Trinajstić information content (AvgIpc) is 3.46. The molecule has 0 bridgehead atoms. The molecule has 0 spiro atoms. The Balaban J connectivity index is 1.58. The maximum absolute atomic E-state index is 12.7. The molecule has 3 rings (SSSR count). The molecule has 24 heavy (non-hydrogen) atoms. The van der Waals surface area contributed by atoms with Gasteiger partial charge in [-0.3, -0.25) is 9.69 Å². The number of piperazine rings is 1. The van der Waals surface area contributed by atoms with E-state index in [9.17, 15) is 9.90 Å². The van der Waals surface area contributed by atoms with Crippen LogP contribution in [0.15, 0.2) is 18.2 Å². The van der Waals surface area contributed by atoms with Crippen LogP contribution >= 0.6 is 0 Å². The fourth-order valence-electron chi connectivity index (χ4n) is 3.14. The normalized spacial score (nSPS) is 19.9. The van der Waals surface area contributed by atoms with E-state index in [4.69, 9.17) is 9.47 Å². The number of benzene rings is 1. The van der Waals surface area contributed by atoms with Gasteiger partial charge in [0.25, 0.3) is 5.91 Å². The molecule has 1 atom stereocenters. The average molecular weight is 334 g/mol. The molecule has 0 aromatic heterocycles. The molecular weight excluding hydrogens is 308 g/mol. The van der Waals surface area contributed by atoms with Gasteiger partial charge in [-0.25, -0.2) is 0 Å². The molecule has 1 saturated heterocycles. The molecule has 1 saturated carbocycles. The van der Waals surface area contributed by atoms with Crippen molar-refractivity contribution in [3.8, 4) is 11.5 Å². The number of rotatable bonds is 6. The number of β-amino-alcohol motifs (C(OH)–C–C–N with tert-alkyl or cyclic N) is 1. The number of amides is 1. The number of carbonyl (C=O) groups excluding carboxylic acids is 1. The van der Waals surface area contributed by atoms with Crippen LogP contribution in [0.2, 0.25) is 0 Å². The predicted octanol–water partition coefficient (Wildman–Crippen LogP) is 1.23. The molecule has 1 aliphatic carbocycles. The summed E-state index contributed by atoms with van der Waals surface area (Å²) in [6.45, 7) is 3.68. The molecular formula is C18H26N2O4. The number of hydrogen-bond acceptors (Lipinski definition) is 5. The Morgan fingerprint density at radius 1 is 1.12 bits per heavy atom. The maximum Gasteiger partial charge on any atom is 0.254 e. The van der Waals surface area contributed by atoms with Crippen LogP contribution in [0.1, 0.15) is 23.2 Å². The van der Waals surface area contributed by atoms with Gasteiger partial charge in [0.2, 0.25) is 0 Å². The number of nitrogens with zero attached hydrogens (tertiary/aromatic N) is 2. The summed E-state index contributed by atoms with van der Waals surface area (Å²) in [7, 11) is 3.15. The first kappa shape index (κ1) is 17.0. The molecule has 0 unspecified atom stereocenters. The topological polar surface area (TPSA) is 62.2 Å². The second kappa shape index (κ2) is 7.40. The van der Waals surface area contributed by atoms with E-state index in [0.29, 0.717) is 36.1 Å². The van der Waals surface area contributed by atoms with Gasteiger partial charge < -0.3 is 19.5 Å². The van der Waals surface area contributed by atoms with Gasteiger partial charge in [-0.05, 0) is 30.9 Å². The van der Waals surface area contributed by atoms with Gasteiger partial charge in [0.05, 0.1) is 20.3 Å². The first-order valence-corrected chi connectivity index (χ1v) is 8.53. The van der Waals surface area contributed by atoms with Crippen molar-refractivity contribution in [2.45, 2.75) is 18.9 Å². The highest BCUT2D eigenvalue weighted by atomic mass is 16.5. The second-order valence-corrected chi connectivity index (χ2v) is 6.60. The Morgan fingerprint density at radius 2 is 1.71 bits per heavy atom. The van der Waals surface area contributed by atoms with E-state index in [1.807, 2.05) is 4.90 Å². The highest BCUT2D eigenvalue weighted by molar-refractivity contribution is 5.95. The van der Waals surface area contributed by atoms with Gasteiger partial charge in [-0.1, -0.05) is 0 Å². The molecule has 1 N–H and O–H groups in total. The third kappa shape index (κ3) is 3.99. The molecule has 132 valence electrons. The maximum atomic E-state index is 12.7. The lowest BCUT2D eigenvalue weighted by atomic mass is 10.1. The van der Waals surface area contributed by atoms with Crippen LogP contribution in [0, 0.1) is 5.92 Å². The third-order valence-electron chi connectivity index (χ3n) is 4.87. The van der Waals surface area contributed by atoms with Gasteiger partial charge in [0.1, 0.15) is 11.5 Å². The van der Waals surface area contributed by atoms with Gasteiger partial charge in [0.15, 0.2) is 0 Å². The first-order chi connectivity index (χ1) is 11.6. The van der Waals surface area contributed by atoms with Crippen molar-refractivity contribution in [1.29, 1.82) is 0 Å². The van der Waals surface area contributed by atoms with E-state index in [0.717, 1.165) is 32.5 Å². The molecule has 1 aromatic carbocycles. The lowest BCUT2D eigenvalue weighted by Gasteiger charge is -2.35. The minimum Gasteiger partial charge on any atom is -0.497 e. The number of aliphatic hydroxyl groups excluding tert-OH is 1. The molecule has 6 heteroatoms. The van der Waals surface area contributed by atoms with Crippen LogP contribution in [0.3, 0.4) is 0 Å². The Bertz CT molecular complexity index is 558. The van der Waals surface area contributed by atoms with Crippen LogP contribution in [-0.2, 0) is 0 Å². The van der Waals surface area contributed by atoms with Crippen molar-refractivity contribution in [2.75, 3.05) is 46.9 Å². The van der Waals surface area contributed by atoms with E-state index in [1.54, 1.807) is 32.4 Å². The lowest BCUT2D eigenvalue weighted by molar-refractivity contribution is 0.0488. The van der Waals surface area contributed by atoms with Gasteiger partial charge in [-0.2, -0.15) is 0 Å². The summed E-state index contributed by atoms with van der Waals surface area (Å²) in [4.78, 5) is 16.8. The molecule has 2 fully saturated rings. The van der Waals surface area contributed by atoms with Crippen molar-refractivity contribution in [1.82, 2.24) is 9.80 Å². The SMILES string of the molecule is COc1cc(OC)cc(C(=O)N2CCN(C[C@@H](O)C3CC3)CC2)c1. The summed E-state index contributed by atoms with van der Waals surface area (Å²) in [5.41, 5.74) is 0.581. The van der Waals surface area contributed by atoms with Crippen molar-refractivity contribution in [3.63, 3.8) is 0 Å². The predicted molar refractivity (Wildman–Crippen MR) is 90.6 cm³/mol. The Labute approximate surface area is 143 Å². The Hall–Kier alpha value is -1.79. The van der Waals surface area contributed by atoms with Gasteiger partial charge in [0, 0.05) is 44.4 Å². The van der Waals surface area contributed by atoms with Crippen molar-refractivity contribution >= 4 is 5.91 Å². The summed E-state index contributed by atoms with van der Waals surface area (Å²) in [5.74, 6) is 1.72. The van der Waals surface area contributed by atoms with Gasteiger partial charge >= 0.3 is 0 Å². The highest BCUT2D eigenvalue weighted by Gasteiger charge is 2.32. The third-order valence-corrected chi connectivity index (χ3v) is 4.87. The summed E-state index contributed by atoms with van der Waals surface area (Å²) >= 11 is 0. The molecule has 1 amide bonds. The van der Waals surface area contributed by atoms with Crippen molar-refractivity contribution in [2.24, 2.45) is 5.92 Å². The number of methoxy groups -OCH3 is 2. The van der Waals surface area contributed by atoms with E-state index >= 15 is 0 Å².